The molecule has 2 aromatic rings. The van der Waals surface area contributed by atoms with Crippen LogP contribution in [0.1, 0.15) is 12.0 Å². The number of aromatic nitrogens is 2. The molecule has 0 fully saturated rings. The molecule has 0 amide bonds. The Kier molecular flexibility index (Phi) is 4.18. The lowest BCUT2D eigenvalue weighted by molar-refractivity contribution is 0.288. The Morgan fingerprint density at radius 3 is 2.89 bits per heavy atom. The maximum Gasteiger partial charge on any atom is 0.265 e. The number of nitrogens with zero attached hydrogens (tertiary/aromatic N) is 1. The van der Waals surface area contributed by atoms with E-state index in [0.29, 0.717) is 18.5 Å². The molecule has 0 spiro atoms. The van der Waals surface area contributed by atoms with Gasteiger partial charge in [-0.05, 0) is 30.5 Å². The van der Waals surface area contributed by atoms with Crippen LogP contribution >= 0.6 is 0 Å². The summed E-state index contributed by atoms with van der Waals surface area (Å²) in [6.07, 6.45) is 3.92. The standard InChI is InChI=1S/C12H15N3O3S/c16-6-2-4-10-3-1-5-11(7-10)15-19(17,18)12-8-13-14-9-12/h1,3,5,7-9,15-16H,2,4,6H2,(H,13,14). The van der Waals surface area contributed by atoms with Crippen molar-refractivity contribution in [3.05, 3.63) is 42.2 Å². The normalized spacial score (nSPS) is 11.4. The number of anilines is 1. The smallest absolute Gasteiger partial charge is 0.265 e. The Balaban J connectivity index is 2.15. The first-order valence-electron chi connectivity index (χ1n) is 5.83. The van der Waals surface area contributed by atoms with Crippen molar-refractivity contribution in [3.63, 3.8) is 0 Å². The van der Waals surface area contributed by atoms with E-state index < -0.39 is 10.0 Å². The minimum atomic E-state index is -3.60. The highest BCUT2D eigenvalue weighted by atomic mass is 32.2. The summed E-state index contributed by atoms with van der Waals surface area (Å²) in [5.74, 6) is 0. The van der Waals surface area contributed by atoms with Crippen LogP contribution in [0.15, 0.2) is 41.6 Å². The van der Waals surface area contributed by atoms with Gasteiger partial charge >= 0.3 is 0 Å². The summed E-state index contributed by atoms with van der Waals surface area (Å²) in [5, 5.41) is 14.9. The zero-order valence-corrected chi connectivity index (χ0v) is 11.0. The molecule has 1 aromatic heterocycles. The van der Waals surface area contributed by atoms with Crippen LogP contribution in [0.2, 0.25) is 0 Å². The predicted molar refractivity (Wildman–Crippen MR) is 71.2 cm³/mol. The summed E-state index contributed by atoms with van der Waals surface area (Å²) in [4.78, 5) is 0.0910. The topological polar surface area (TPSA) is 95.1 Å². The molecule has 0 aliphatic carbocycles. The fraction of sp³-hybridized carbons (Fsp3) is 0.250. The molecule has 0 unspecified atom stereocenters. The summed E-state index contributed by atoms with van der Waals surface area (Å²) >= 11 is 0. The number of aryl methyl sites for hydroxylation is 1. The summed E-state index contributed by atoms with van der Waals surface area (Å²) in [5.41, 5.74) is 1.47. The fourth-order valence-corrected chi connectivity index (χ4v) is 2.63. The summed E-state index contributed by atoms with van der Waals surface area (Å²) in [6, 6.07) is 7.11. The van der Waals surface area contributed by atoms with Gasteiger partial charge in [0.2, 0.25) is 0 Å². The van der Waals surface area contributed by atoms with E-state index in [4.69, 9.17) is 5.11 Å². The molecule has 19 heavy (non-hydrogen) atoms. The monoisotopic (exact) mass is 281 g/mol. The van der Waals surface area contributed by atoms with Crippen molar-refractivity contribution in [1.29, 1.82) is 0 Å². The second-order valence-electron chi connectivity index (χ2n) is 4.07. The Labute approximate surface area is 111 Å². The molecule has 2 rings (SSSR count). The highest BCUT2D eigenvalue weighted by Crippen LogP contribution is 2.17. The summed E-state index contributed by atoms with van der Waals surface area (Å²) < 4.78 is 26.4. The van der Waals surface area contributed by atoms with E-state index >= 15 is 0 Å². The van der Waals surface area contributed by atoms with Crippen LogP contribution in [0.25, 0.3) is 0 Å². The molecule has 0 aliphatic heterocycles. The molecule has 0 atom stereocenters. The van der Waals surface area contributed by atoms with Crippen molar-refractivity contribution >= 4 is 15.7 Å². The molecule has 0 aliphatic rings. The Bertz CT molecular complexity index is 623. The van der Waals surface area contributed by atoms with E-state index in [0.717, 1.165) is 5.56 Å². The third kappa shape index (κ3) is 3.55. The van der Waals surface area contributed by atoms with E-state index in [9.17, 15) is 8.42 Å². The second-order valence-corrected chi connectivity index (χ2v) is 5.75. The highest BCUT2D eigenvalue weighted by molar-refractivity contribution is 7.92. The van der Waals surface area contributed by atoms with Crippen LogP contribution in [0, 0.1) is 0 Å². The van der Waals surface area contributed by atoms with Gasteiger partial charge in [-0.2, -0.15) is 5.10 Å². The van der Waals surface area contributed by atoms with Crippen LogP contribution in [-0.2, 0) is 16.4 Å². The number of benzene rings is 1. The van der Waals surface area contributed by atoms with Gasteiger partial charge in [-0.25, -0.2) is 8.42 Å². The first-order chi connectivity index (χ1) is 9.12. The minimum absolute atomic E-state index is 0.0910. The van der Waals surface area contributed by atoms with Crippen LogP contribution in [-0.4, -0.2) is 30.3 Å². The number of nitrogens with one attached hydrogen (secondary N) is 2. The zero-order valence-electron chi connectivity index (χ0n) is 10.2. The van der Waals surface area contributed by atoms with Gasteiger partial charge in [0.25, 0.3) is 10.0 Å². The second kappa shape index (κ2) is 5.85. The molecule has 0 radical (unpaired) electrons. The number of aromatic amines is 1. The van der Waals surface area contributed by atoms with Gasteiger partial charge in [0, 0.05) is 18.5 Å². The third-order valence-electron chi connectivity index (χ3n) is 2.59. The van der Waals surface area contributed by atoms with Crippen molar-refractivity contribution in [2.24, 2.45) is 0 Å². The van der Waals surface area contributed by atoms with Crippen molar-refractivity contribution in [2.45, 2.75) is 17.7 Å². The average molecular weight is 281 g/mol. The number of aliphatic hydroxyl groups is 1. The SMILES string of the molecule is O=S(=O)(Nc1cccc(CCCO)c1)c1cn[nH]c1. The van der Waals surface area contributed by atoms with Gasteiger partial charge < -0.3 is 5.11 Å². The molecule has 102 valence electrons. The third-order valence-corrected chi connectivity index (χ3v) is 3.93. The quantitative estimate of drug-likeness (QED) is 0.740. The number of H-pyrrole nitrogens is 1. The molecular formula is C12H15N3O3S. The lowest BCUT2D eigenvalue weighted by Crippen LogP contribution is -2.12. The van der Waals surface area contributed by atoms with E-state index in [1.165, 1.54) is 12.4 Å². The van der Waals surface area contributed by atoms with Gasteiger partial charge in [0.15, 0.2) is 0 Å². The molecule has 1 heterocycles. The zero-order chi connectivity index (χ0) is 13.7. The Morgan fingerprint density at radius 1 is 1.37 bits per heavy atom. The van der Waals surface area contributed by atoms with Gasteiger partial charge in [-0.15, -0.1) is 0 Å². The number of hydrogen-bond acceptors (Lipinski definition) is 4. The van der Waals surface area contributed by atoms with E-state index in [1.807, 2.05) is 6.07 Å². The molecule has 6 nitrogen and oxygen atoms in total. The molecule has 0 saturated carbocycles. The molecule has 1 aromatic carbocycles. The number of aliphatic hydroxyl groups excluding tert-OH is 1. The lowest BCUT2D eigenvalue weighted by atomic mass is 10.1. The lowest BCUT2D eigenvalue weighted by Gasteiger charge is -2.07. The minimum Gasteiger partial charge on any atom is -0.396 e. The molecule has 0 saturated heterocycles. The maximum atomic E-state index is 12.0. The first kappa shape index (κ1) is 13.6. The number of sulfonamides is 1. The maximum absolute atomic E-state index is 12.0. The van der Waals surface area contributed by atoms with Crippen molar-refractivity contribution < 1.29 is 13.5 Å². The molecule has 0 bridgehead atoms. The van der Waals surface area contributed by atoms with Crippen LogP contribution < -0.4 is 4.72 Å². The predicted octanol–water partition coefficient (Wildman–Crippen LogP) is 1.14. The number of hydrogen-bond donors (Lipinski definition) is 3. The van der Waals surface area contributed by atoms with Gasteiger partial charge in [-0.3, -0.25) is 9.82 Å². The van der Waals surface area contributed by atoms with E-state index in [2.05, 4.69) is 14.9 Å². The van der Waals surface area contributed by atoms with Gasteiger partial charge in [0.1, 0.15) is 4.90 Å². The van der Waals surface area contributed by atoms with Crippen LogP contribution in [0.4, 0.5) is 5.69 Å². The first-order valence-corrected chi connectivity index (χ1v) is 7.31. The van der Waals surface area contributed by atoms with Gasteiger partial charge in [0.05, 0.1) is 6.20 Å². The van der Waals surface area contributed by atoms with Crippen LogP contribution in [0.3, 0.4) is 0 Å². The summed E-state index contributed by atoms with van der Waals surface area (Å²) in [6.45, 7) is 0.116. The average Bonchev–Trinajstić information content (AvgIpc) is 2.91. The summed E-state index contributed by atoms with van der Waals surface area (Å²) in [7, 11) is -3.60. The van der Waals surface area contributed by atoms with E-state index in [-0.39, 0.29) is 11.5 Å². The Morgan fingerprint density at radius 2 is 2.21 bits per heavy atom. The van der Waals surface area contributed by atoms with Crippen LogP contribution in [0.5, 0.6) is 0 Å². The van der Waals surface area contributed by atoms with E-state index in [1.54, 1.807) is 18.2 Å². The van der Waals surface area contributed by atoms with Gasteiger partial charge in [-0.1, -0.05) is 12.1 Å². The fourth-order valence-electron chi connectivity index (χ4n) is 1.67. The molecular weight excluding hydrogens is 266 g/mol. The Hall–Kier alpha value is -1.86. The van der Waals surface area contributed by atoms with Crippen molar-refractivity contribution in [2.75, 3.05) is 11.3 Å². The molecule has 7 heteroatoms. The highest BCUT2D eigenvalue weighted by Gasteiger charge is 2.15. The largest absolute Gasteiger partial charge is 0.396 e. The van der Waals surface area contributed by atoms with Crippen molar-refractivity contribution in [3.8, 4) is 0 Å². The number of rotatable bonds is 6. The molecule has 3 N–H and O–H groups in total. The van der Waals surface area contributed by atoms with Crippen molar-refractivity contribution in [1.82, 2.24) is 10.2 Å².